The number of nitrogens with zero attached hydrogens (tertiary/aromatic N) is 1. The van der Waals surface area contributed by atoms with Crippen molar-refractivity contribution in [2.45, 2.75) is 19.3 Å². The molecule has 0 aliphatic carbocycles. The van der Waals surface area contributed by atoms with Gasteiger partial charge in [0, 0.05) is 11.6 Å². The van der Waals surface area contributed by atoms with Crippen LogP contribution in [0.25, 0.3) is 10.8 Å². The zero-order valence-corrected chi connectivity index (χ0v) is 13.6. The molecule has 0 fully saturated rings. The first kappa shape index (κ1) is 17.4. The fourth-order valence-electron chi connectivity index (χ4n) is 2.68. The first-order valence-electron chi connectivity index (χ1n) is 7.20. The van der Waals surface area contributed by atoms with Crippen molar-refractivity contribution in [3.63, 3.8) is 0 Å². The lowest BCUT2D eigenvalue weighted by atomic mass is 10.1. The second-order valence-electron chi connectivity index (χ2n) is 5.50. The average Bonchev–Trinajstić information content (AvgIpc) is 2.82. The minimum absolute atomic E-state index is 0.0763. The zero-order valence-electron chi connectivity index (χ0n) is 12.8. The predicted octanol–water partition coefficient (Wildman–Crippen LogP) is 5.65. The van der Waals surface area contributed by atoms with E-state index >= 15 is 0 Å². The summed E-state index contributed by atoms with van der Waals surface area (Å²) >= 11 is 5.98. The van der Waals surface area contributed by atoms with Gasteiger partial charge in [-0.25, -0.2) is 4.39 Å². The number of benzene rings is 2. The van der Waals surface area contributed by atoms with Crippen molar-refractivity contribution < 1.29 is 27.4 Å². The Bertz CT molecular complexity index is 919. The first-order valence-corrected chi connectivity index (χ1v) is 7.58. The molecule has 1 N–H and O–H groups in total. The van der Waals surface area contributed by atoms with Gasteiger partial charge in [-0.1, -0.05) is 23.7 Å². The maximum atomic E-state index is 13.5. The normalized spacial score (nSPS) is 13.2. The monoisotopic (exact) mass is 373 g/mol. The number of halogens is 5. The number of hydrogen-bond donors (Lipinski definition) is 1. The van der Waals surface area contributed by atoms with Crippen LogP contribution >= 0.6 is 11.6 Å². The van der Waals surface area contributed by atoms with E-state index in [-0.39, 0.29) is 16.7 Å². The quantitative estimate of drug-likeness (QED) is 0.602. The lowest BCUT2D eigenvalue weighted by molar-refractivity contribution is -0.274. The highest BCUT2D eigenvalue weighted by Gasteiger charge is 2.31. The largest absolute Gasteiger partial charge is 0.573 e. The van der Waals surface area contributed by atoms with Gasteiger partial charge in [0.1, 0.15) is 11.6 Å². The molecule has 3 aromatic rings. The van der Waals surface area contributed by atoms with Crippen LogP contribution in [-0.4, -0.2) is 16.0 Å². The van der Waals surface area contributed by atoms with E-state index in [9.17, 15) is 22.7 Å². The Morgan fingerprint density at radius 3 is 2.40 bits per heavy atom. The summed E-state index contributed by atoms with van der Waals surface area (Å²) in [5.41, 5.74) is 0.627. The molecule has 1 aromatic heterocycles. The Labute approximate surface area is 145 Å². The SMILES string of the molecule is CC(c1ccc(OC(F)(F)F)cc1)n1cc2cc(F)cc(Cl)c2c1O. The maximum absolute atomic E-state index is 13.5. The van der Waals surface area contributed by atoms with Crippen molar-refractivity contribution in [3.8, 4) is 11.6 Å². The second kappa shape index (κ2) is 6.15. The summed E-state index contributed by atoms with van der Waals surface area (Å²) in [6.45, 7) is 1.74. The molecule has 3 rings (SSSR count). The summed E-state index contributed by atoms with van der Waals surface area (Å²) in [6, 6.07) is 7.20. The van der Waals surface area contributed by atoms with Crippen LogP contribution in [-0.2, 0) is 0 Å². The fraction of sp³-hybridized carbons (Fsp3) is 0.176. The highest BCUT2D eigenvalue weighted by Crippen LogP contribution is 2.37. The van der Waals surface area contributed by atoms with Gasteiger partial charge in [0.2, 0.25) is 5.88 Å². The van der Waals surface area contributed by atoms with Crippen LogP contribution in [0.4, 0.5) is 17.6 Å². The van der Waals surface area contributed by atoms with E-state index in [0.717, 1.165) is 6.07 Å². The molecule has 2 aromatic carbocycles. The van der Waals surface area contributed by atoms with Gasteiger partial charge in [-0.15, -0.1) is 13.2 Å². The van der Waals surface area contributed by atoms with Crippen LogP contribution in [0.15, 0.2) is 42.6 Å². The van der Waals surface area contributed by atoms with Crippen molar-refractivity contribution in [2.75, 3.05) is 0 Å². The number of hydrogen-bond acceptors (Lipinski definition) is 2. The minimum atomic E-state index is -4.76. The molecule has 0 bridgehead atoms. The minimum Gasteiger partial charge on any atom is -0.494 e. The summed E-state index contributed by atoms with van der Waals surface area (Å²) in [6.07, 6.45) is -3.23. The molecule has 1 atom stereocenters. The first-order chi connectivity index (χ1) is 11.7. The van der Waals surface area contributed by atoms with E-state index in [4.69, 9.17) is 11.6 Å². The Hall–Kier alpha value is -2.41. The molecule has 0 aliphatic rings. The summed E-state index contributed by atoms with van der Waals surface area (Å²) in [7, 11) is 0. The van der Waals surface area contributed by atoms with Crippen LogP contribution in [0.2, 0.25) is 5.02 Å². The Morgan fingerprint density at radius 1 is 1.16 bits per heavy atom. The third kappa shape index (κ3) is 3.51. The molecule has 8 heteroatoms. The standard InChI is InChI=1S/C17H12ClF4NO2/c1-9(10-2-4-13(5-3-10)25-17(20,21)22)23-8-11-6-12(19)7-14(18)15(11)16(23)24/h2-9,24H,1H3. The lowest BCUT2D eigenvalue weighted by Crippen LogP contribution is -2.17. The van der Waals surface area contributed by atoms with E-state index < -0.39 is 18.2 Å². The van der Waals surface area contributed by atoms with Gasteiger partial charge in [0.15, 0.2) is 0 Å². The van der Waals surface area contributed by atoms with Gasteiger partial charge in [-0.05, 0) is 36.8 Å². The lowest BCUT2D eigenvalue weighted by Gasteiger charge is -2.16. The van der Waals surface area contributed by atoms with Crippen LogP contribution in [0.5, 0.6) is 11.6 Å². The van der Waals surface area contributed by atoms with Crippen LogP contribution in [0.3, 0.4) is 0 Å². The number of ether oxygens (including phenoxy) is 1. The summed E-state index contributed by atoms with van der Waals surface area (Å²) in [4.78, 5) is 0. The van der Waals surface area contributed by atoms with Crippen LogP contribution in [0.1, 0.15) is 18.5 Å². The van der Waals surface area contributed by atoms with Crippen molar-refractivity contribution in [2.24, 2.45) is 0 Å². The van der Waals surface area contributed by atoms with Gasteiger partial charge in [0.05, 0.1) is 16.5 Å². The third-order valence-corrected chi connectivity index (χ3v) is 4.14. The van der Waals surface area contributed by atoms with E-state index in [1.807, 2.05) is 0 Å². The fourth-order valence-corrected chi connectivity index (χ4v) is 2.97. The topological polar surface area (TPSA) is 34.4 Å². The van der Waals surface area contributed by atoms with Gasteiger partial charge in [0.25, 0.3) is 0 Å². The molecular weight excluding hydrogens is 362 g/mol. The maximum Gasteiger partial charge on any atom is 0.573 e. The highest BCUT2D eigenvalue weighted by molar-refractivity contribution is 6.36. The molecule has 25 heavy (non-hydrogen) atoms. The van der Waals surface area contributed by atoms with E-state index in [2.05, 4.69) is 4.74 Å². The smallest absolute Gasteiger partial charge is 0.494 e. The molecule has 0 saturated carbocycles. The molecule has 3 nitrogen and oxygen atoms in total. The van der Waals surface area contributed by atoms with Gasteiger partial charge in [-0.3, -0.25) is 0 Å². The number of aromatic hydroxyl groups is 1. The Kier molecular flexibility index (Phi) is 4.28. The molecular formula is C17H12ClF4NO2. The second-order valence-corrected chi connectivity index (χ2v) is 5.91. The molecule has 0 spiro atoms. The van der Waals surface area contributed by atoms with Crippen molar-refractivity contribution >= 4 is 22.4 Å². The highest BCUT2D eigenvalue weighted by atomic mass is 35.5. The van der Waals surface area contributed by atoms with Crippen LogP contribution < -0.4 is 4.74 Å². The van der Waals surface area contributed by atoms with E-state index in [1.54, 1.807) is 6.92 Å². The average molecular weight is 374 g/mol. The third-order valence-electron chi connectivity index (χ3n) is 3.85. The molecule has 0 saturated heterocycles. The Morgan fingerprint density at radius 2 is 1.80 bits per heavy atom. The molecule has 132 valence electrons. The summed E-state index contributed by atoms with van der Waals surface area (Å²) in [5.74, 6) is -1.02. The number of alkyl halides is 3. The number of fused-ring (bicyclic) bond motifs is 1. The van der Waals surface area contributed by atoms with Crippen LogP contribution in [0, 0.1) is 5.82 Å². The zero-order chi connectivity index (χ0) is 18.4. The predicted molar refractivity (Wildman–Crippen MR) is 85.5 cm³/mol. The summed E-state index contributed by atoms with van der Waals surface area (Å²) in [5, 5.41) is 11.2. The van der Waals surface area contributed by atoms with Gasteiger partial charge < -0.3 is 14.4 Å². The molecule has 1 heterocycles. The van der Waals surface area contributed by atoms with Crippen molar-refractivity contribution in [1.29, 1.82) is 0 Å². The molecule has 0 amide bonds. The van der Waals surface area contributed by atoms with E-state index in [0.29, 0.717) is 16.3 Å². The van der Waals surface area contributed by atoms with Crippen molar-refractivity contribution in [3.05, 3.63) is 59.0 Å². The molecule has 0 aliphatic heterocycles. The van der Waals surface area contributed by atoms with Gasteiger partial charge >= 0.3 is 6.36 Å². The molecule has 0 radical (unpaired) electrons. The van der Waals surface area contributed by atoms with Crippen molar-refractivity contribution in [1.82, 2.24) is 4.57 Å². The Balaban J connectivity index is 1.95. The number of aromatic nitrogens is 1. The van der Waals surface area contributed by atoms with Gasteiger partial charge in [-0.2, -0.15) is 0 Å². The van der Waals surface area contributed by atoms with E-state index in [1.165, 1.54) is 41.1 Å². The summed E-state index contributed by atoms with van der Waals surface area (Å²) < 4.78 is 55.4. The number of rotatable bonds is 3. The molecule has 1 unspecified atom stereocenters.